The summed E-state index contributed by atoms with van der Waals surface area (Å²) in [5.41, 5.74) is 7.52. The van der Waals surface area contributed by atoms with Crippen LogP contribution in [0.3, 0.4) is 0 Å². The molecule has 5 heteroatoms. The van der Waals surface area contributed by atoms with E-state index < -0.39 is 0 Å². The number of benzene rings is 2. The maximum absolute atomic E-state index is 6.44. The van der Waals surface area contributed by atoms with Gasteiger partial charge in [0, 0.05) is 29.9 Å². The first-order valence-electron chi connectivity index (χ1n) is 10.3. The lowest BCUT2D eigenvalue weighted by atomic mass is 9.90. The molecule has 2 unspecified atom stereocenters. The number of rotatable bonds is 3. The van der Waals surface area contributed by atoms with Crippen molar-refractivity contribution in [1.29, 1.82) is 0 Å². The monoisotopic (exact) mass is 407 g/mol. The van der Waals surface area contributed by atoms with Gasteiger partial charge in [-0.1, -0.05) is 35.9 Å². The molecule has 0 amide bonds. The molecule has 1 aliphatic carbocycles. The normalized spacial score (nSPS) is 21.1. The molecule has 0 radical (unpaired) electrons. The molecule has 0 saturated carbocycles. The second-order valence-electron chi connectivity index (χ2n) is 8.15. The Labute approximate surface area is 177 Å². The van der Waals surface area contributed by atoms with Crippen molar-refractivity contribution >= 4 is 11.6 Å². The van der Waals surface area contributed by atoms with Gasteiger partial charge < -0.3 is 4.74 Å². The number of methoxy groups -OCH3 is 1. The van der Waals surface area contributed by atoms with Crippen LogP contribution in [0, 0.1) is 6.92 Å². The van der Waals surface area contributed by atoms with Gasteiger partial charge >= 0.3 is 0 Å². The van der Waals surface area contributed by atoms with Crippen molar-refractivity contribution in [1.82, 2.24) is 14.7 Å². The van der Waals surface area contributed by atoms with Crippen LogP contribution in [0.2, 0.25) is 5.02 Å². The Hall–Kier alpha value is -2.30. The minimum atomic E-state index is 0.367. The molecular formula is C24H26ClN3O. The fourth-order valence-corrected chi connectivity index (χ4v) is 5.38. The van der Waals surface area contributed by atoms with Crippen molar-refractivity contribution in [3.05, 3.63) is 75.6 Å². The molecule has 0 fully saturated rings. The van der Waals surface area contributed by atoms with Crippen LogP contribution in [-0.2, 0) is 19.4 Å². The van der Waals surface area contributed by atoms with Crippen LogP contribution in [-0.4, -0.2) is 27.8 Å². The largest absolute Gasteiger partial charge is 0.496 e. The van der Waals surface area contributed by atoms with Gasteiger partial charge in [-0.2, -0.15) is 5.10 Å². The lowest BCUT2D eigenvalue weighted by Gasteiger charge is -2.34. The maximum atomic E-state index is 6.44. The molecular weight excluding hydrogens is 382 g/mol. The van der Waals surface area contributed by atoms with E-state index in [0.717, 1.165) is 42.3 Å². The van der Waals surface area contributed by atoms with Gasteiger partial charge in [-0.3, -0.25) is 4.90 Å². The minimum Gasteiger partial charge on any atom is -0.496 e. The number of aromatic nitrogens is 2. The highest BCUT2D eigenvalue weighted by Crippen LogP contribution is 2.43. The Morgan fingerprint density at radius 3 is 2.76 bits per heavy atom. The molecule has 0 N–H and O–H groups in total. The summed E-state index contributed by atoms with van der Waals surface area (Å²) < 4.78 is 7.68. The van der Waals surface area contributed by atoms with Crippen LogP contribution in [0.15, 0.2) is 42.5 Å². The first kappa shape index (κ1) is 18.7. The van der Waals surface area contributed by atoms with E-state index in [9.17, 15) is 0 Å². The summed E-state index contributed by atoms with van der Waals surface area (Å²) in [6.45, 7) is 5.47. The average Bonchev–Trinajstić information content (AvgIpc) is 3.25. The molecule has 2 atom stereocenters. The van der Waals surface area contributed by atoms with E-state index >= 15 is 0 Å². The topological polar surface area (TPSA) is 30.3 Å². The smallest absolute Gasteiger partial charge is 0.123 e. The third-order valence-corrected chi connectivity index (χ3v) is 6.99. The summed E-state index contributed by atoms with van der Waals surface area (Å²) >= 11 is 6.44. The fourth-order valence-electron chi connectivity index (χ4n) is 5.17. The molecule has 2 aliphatic rings. The molecule has 5 rings (SSSR count). The highest BCUT2D eigenvalue weighted by molar-refractivity contribution is 6.32. The standard InChI is InChI=1S/C24H26ClN3O/c1-15-19-13-18(27-14-17-7-6-10-23(29-3)24(17)16(27)2)11-12-21(19)26-28(15)22-9-5-4-8-20(22)25/h4-10,16,18H,11-14H2,1-3H3. The lowest BCUT2D eigenvalue weighted by Crippen LogP contribution is -2.37. The number of aryl methyl sites for hydroxylation is 1. The first-order valence-corrected chi connectivity index (χ1v) is 10.7. The van der Waals surface area contributed by atoms with E-state index in [1.54, 1.807) is 7.11 Å². The summed E-state index contributed by atoms with van der Waals surface area (Å²) in [6.07, 6.45) is 3.17. The van der Waals surface area contributed by atoms with Gasteiger partial charge in [0.05, 0.1) is 23.5 Å². The Kier molecular flexibility index (Phi) is 4.64. The maximum Gasteiger partial charge on any atom is 0.123 e. The molecule has 29 heavy (non-hydrogen) atoms. The number of fused-ring (bicyclic) bond motifs is 2. The Bertz CT molecular complexity index is 1070. The second-order valence-corrected chi connectivity index (χ2v) is 8.56. The zero-order valence-electron chi connectivity index (χ0n) is 17.2. The van der Waals surface area contributed by atoms with E-state index in [2.05, 4.69) is 36.9 Å². The Morgan fingerprint density at radius 2 is 1.97 bits per heavy atom. The number of para-hydroxylation sites is 1. The highest BCUT2D eigenvalue weighted by atomic mass is 35.5. The molecule has 0 spiro atoms. The minimum absolute atomic E-state index is 0.367. The fraction of sp³-hybridized carbons (Fsp3) is 0.375. The molecule has 2 heterocycles. The van der Waals surface area contributed by atoms with E-state index in [4.69, 9.17) is 21.4 Å². The van der Waals surface area contributed by atoms with Crippen LogP contribution in [0.4, 0.5) is 0 Å². The molecule has 1 aromatic heterocycles. The van der Waals surface area contributed by atoms with E-state index in [0.29, 0.717) is 12.1 Å². The number of nitrogens with zero attached hydrogens (tertiary/aromatic N) is 3. The predicted molar refractivity (Wildman–Crippen MR) is 116 cm³/mol. The van der Waals surface area contributed by atoms with Crippen molar-refractivity contribution < 1.29 is 4.74 Å². The molecule has 150 valence electrons. The molecule has 0 bridgehead atoms. The molecule has 0 saturated heterocycles. The number of hydrogen-bond acceptors (Lipinski definition) is 3. The van der Waals surface area contributed by atoms with E-state index in [1.165, 1.54) is 28.1 Å². The van der Waals surface area contributed by atoms with Crippen molar-refractivity contribution in [2.24, 2.45) is 0 Å². The summed E-state index contributed by atoms with van der Waals surface area (Å²) in [6, 6.07) is 15.2. The van der Waals surface area contributed by atoms with Gasteiger partial charge in [-0.15, -0.1) is 0 Å². The number of hydrogen-bond donors (Lipinski definition) is 0. The third-order valence-electron chi connectivity index (χ3n) is 6.67. The molecule has 1 aliphatic heterocycles. The zero-order valence-corrected chi connectivity index (χ0v) is 17.9. The average molecular weight is 408 g/mol. The summed E-state index contributed by atoms with van der Waals surface area (Å²) in [5.74, 6) is 1.01. The van der Waals surface area contributed by atoms with Crippen molar-refractivity contribution in [2.45, 2.75) is 51.7 Å². The van der Waals surface area contributed by atoms with Gasteiger partial charge in [-0.05, 0) is 62.4 Å². The van der Waals surface area contributed by atoms with Gasteiger partial charge in [-0.25, -0.2) is 4.68 Å². The SMILES string of the molecule is COc1cccc2c1C(C)N(C1CCc3nn(-c4ccccc4Cl)c(C)c3C1)C2. The van der Waals surface area contributed by atoms with Gasteiger partial charge in [0.15, 0.2) is 0 Å². The van der Waals surface area contributed by atoms with E-state index in [-0.39, 0.29) is 0 Å². The Balaban J connectivity index is 1.45. The van der Waals surface area contributed by atoms with Crippen LogP contribution in [0.1, 0.15) is 47.5 Å². The van der Waals surface area contributed by atoms with Crippen LogP contribution < -0.4 is 4.74 Å². The first-order chi connectivity index (χ1) is 14.1. The molecule has 3 aromatic rings. The lowest BCUT2D eigenvalue weighted by molar-refractivity contribution is 0.140. The van der Waals surface area contributed by atoms with E-state index in [1.807, 2.05) is 28.9 Å². The van der Waals surface area contributed by atoms with Crippen LogP contribution in [0.5, 0.6) is 5.75 Å². The van der Waals surface area contributed by atoms with Crippen molar-refractivity contribution in [3.8, 4) is 11.4 Å². The van der Waals surface area contributed by atoms with Gasteiger partial charge in [0.2, 0.25) is 0 Å². The predicted octanol–water partition coefficient (Wildman–Crippen LogP) is 5.28. The summed E-state index contributed by atoms with van der Waals surface area (Å²) in [4.78, 5) is 2.64. The highest BCUT2D eigenvalue weighted by Gasteiger charge is 2.37. The van der Waals surface area contributed by atoms with Crippen LogP contribution in [0.25, 0.3) is 5.69 Å². The molecule has 4 nitrogen and oxygen atoms in total. The number of ether oxygens (including phenoxy) is 1. The zero-order chi connectivity index (χ0) is 20.1. The summed E-state index contributed by atoms with van der Waals surface area (Å²) in [7, 11) is 1.77. The Morgan fingerprint density at radius 1 is 1.14 bits per heavy atom. The van der Waals surface area contributed by atoms with Gasteiger partial charge in [0.25, 0.3) is 0 Å². The summed E-state index contributed by atoms with van der Waals surface area (Å²) in [5, 5.41) is 5.66. The quantitative estimate of drug-likeness (QED) is 0.592. The van der Waals surface area contributed by atoms with Gasteiger partial charge in [0.1, 0.15) is 5.75 Å². The number of halogens is 1. The second kappa shape index (κ2) is 7.19. The third kappa shape index (κ3) is 2.97. The van der Waals surface area contributed by atoms with Crippen molar-refractivity contribution in [3.63, 3.8) is 0 Å². The molecule has 2 aromatic carbocycles. The van der Waals surface area contributed by atoms with Crippen LogP contribution >= 0.6 is 11.6 Å². The van der Waals surface area contributed by atoms with Crippen molar-refractivity contribution in [2.75, 3.05) is 7.11 Å².